The lowest BCUT2D eigenvalue weighted by molar-refractivity contribution is 0.0933. The molecule has 0 aliphatic carbocycles. The number of likely N-dealkylation sites (tertiary alicyclic amines) is 1. The molecule has 0 atom stereocenters. The zero-order valence-corrected chi connectivity index (χ0v) is 14.6. The number of hydrogen-bond acceptors (Lipinski definition) is 2. The number of halogens is 1. The van der Waals surface area contributed by atoms with Gasteiger partial charge in [0.05, 0.1) is 5.56 Å². The van der Waals surface area contributed by atoms with Crippen LogP contribution in [0.15, 0.2) is 24.3 Å². The van der Waals surface area contributed by atoms with E-state index in [4.69, 9.17) is 0 Å². The number of rotatable bonds is 3. The van der Waals surface area contributed by atoms with Gasteiger partial charge in [0, 0.05) is 25.2 Å². The number of hydrogen-bond donors (Lipinski definition) is 2. The molecule has 6 heteroatoms. The summed E-state index contributed by atoms with van der Waals surface area (Å²) in [5, 5.41) is 5.75. The summed E-state index contributed by atoms with van der Waals surface area (Å²) >= 11 is 0. The Kier molecular flexibility index (Phi) is 5.80. The SMILES string of the molecule is CC(C)(C)NC(=O)N1CCC(CNC(=O)c2ccccc2F)CC1. The molecular formula is C18H26FN3O2. The zero-order chi connectivity index (χ0) is 17.7. The maximum absolute atomic E-state index is 13.6. The van der Waals surface area contributed by atoms with Crippen molar-refractivity contribution in [2.24, 2.45) is 5.92 Å². The van der Waals surface area contributed by atoms with Gasteiger partial charge in [-0.2, -0.15) is 0 Å². The van der Waals surface area contributed by atoms with Gasteiger partial charge in [0.1, 0.15) is 5.82 Å². The molecule has 0 unspecified atom stereocenters. The van der Waals surface area contributed by atoms with Crippen molar-refractivity contribution in [1.29, 1.82) is 0 Å². The highest BCUT2D eigenvalue weighted by molar-refractivity contribution is 5.94. The highest BCUT2D eigenvalue weighted by atomic mass is 19.1. The Bertz CT molecular complexity index is 590. The first kappa shape index (κ1) is 18.2. The Labute approximate surface area is 142 Å². The first-order chi connectivity index (χ1) is 11.3. The Hall–Kier alpha value is -2.11. The molecule has 5 nitrogen and oxygen atoms in total. The van der Waals surface area contributed by atoms with Crippen LogP contribution in [0.1, 0.15) is 44.0 Å². The number of piperidine rings is 1. The van der Waals surface area contributed by atoms with Crippen LogP contribution in [-0.2, 0) is 0 Å². The fourth-order valence-corrected chi connectivity index (χ4v) is 2.72. The lowest BCUT2D eigenvalue weighted by atomic mass is 9.96. The maximum atomic E-state index is 13.6. The van der Waals surface area contributed by atoms with Crippen molar-refractivity contribution in [2.45, 2.75) is 39.2 Å². The summed E-state index contributed by atoms with van der Waals surface area (Å²) in [6, 6.07) is 5.91. The second-order valence-electron chi connectivity index (χ2n) is 7.30. The van der Waals surface area contributed by atoms with E-state index in [2.05, 4.69) is 10.6 Å². The summed E-state index contributed by atoms with van der Waals surface area (Å²) in [6.07, 6.45) is 1.66. The maximum Gasteiger partial charge on any atom is 0.317 e. The van der Waals surface area contributed by atoms with Gasteiger partial charge in [-0.1, -0.05) is 12.1 Å². The van der Waals surface area contributed by atoms with E-state index < -0.39 is 5.82 Å². The molecule has 1 aromatic rings. The largest absolute Gasteiger partial charge is 0.352 e. The molecule has 0 bridgehead atoms. The Morgan fingerprint density at radius 2 is 1.83 bits per heavy atom. The summed E-state index contributed by atoms with van der Waals surface area (Å²) in [5.74, 6) is -0.593. The highest BCUT2D eigenvalue weighted by Crippen LogP contribution is 2.17. The predicted molar refractivity (Wildman–Crippen MR) is 91.3 cm³/mol. The lowest BCUT2D eigenvalue weighted by Crippen LogP contribution is -2.51. The number of benzene rings is 1. The van der Waals surface area contributed by atoms with E-state index >= 15 is 0 Å². The van der Waals surface area contributed by atoms with Crippen molar-refractivity contribution in [3.63, 3.8) is 0 Å². The van der Waals surface area contributed by atoms with Crippen LogP contribution in [0.5, 0.6) is 0 Å². The first-order valence-corrected chi connectivity index (χ1v) is 8.36. The van der Waals surface area contributed by atoms with Crippen molar-refractivity contribution in [3.05, 3.63) is 35.6 Å². The molecule has 0 spiro atoms. The minimum Gasteiger partial charge on any atom is -0.352 e. The Morgan fingerprint density at radius 3 is 2.42 bits per heavy atom. The van der Waals surface area contributed by atoms with Crippen molar-refractivity contribution >= 4 is 11.9 Å². The quantitative estimate of drug-likeness (QED) is 0.892. The summed E-state index contributed by atoms with van der Waals surface area (Å²) in [7, 11) is 0. The van der Waals surface area contributed by atoms with E-state index in [1.54, 1.807) is 17.0 Å². The summed E-state index contributed by atoms with van der Waals surface area (Å²) in [5.41, 5.74) is -0.179. The van der Waals surface area contributed by atoms with Gasteiger partial charge in [-0.3, -0.25) is 4.79 Å². The summed E-state index contributed by atoms with van der Waals surface area (Å²) < 4.78 is 13.6. The van der Waals surface area contributed by atoms with E-state index in [1.807, 2.05) is 20.8 Å². The number of nitrogens with one attached hydrogen (secondary N) is 2. The van der Waals surface area contributed by atoms with Gasteiger partial charge in [-0.15, -0.1) is 0 Å². The van der Waals surface area contributed by atoms with Crippen LogP contribution in [0.3, 0.4) is 0 Å². The summed E-state index contributed by atoms with van der Waals surface area (Å²) in [6.45, 7) is 7.70. The minimum atomic E-state index is -0.510. The van der Waals surface area contributed by atoms with Crippen molar-refractivity contribution in [3.8, 4) is 0 Å². The third-order valence-corrected chi connectivity index (χ3v) is 4.05. The second kappa shape index (κ2) is 7.64. The average molecular weight is 335 g/mol. The van der Waals surface area contributed by atoms with E-state index in [-0.39, 0.29) is 23.0 Å². The Morgan fingerprint density at radius 1 is 1.21 bits per heavy atom. The molecule has 1 aliphatic heterocycles. The highest BCUT2D eigenvalue weighted by Gasteiger charge is 2.25. The lowest BCUT2D eigenvalue weighted by Gasteiger charge is -2.34. The average Bonchev–Trinajstić information content (AvgIpc) is 2.52. The third kappa shape index (κ3) is 5.22. The standard InChI is InChI=1S/C18H26FN3O2/c1-18(2,3)21-17(24)22-10-8-13(9-11-22)12-20-16(23)14-6-4-5-7-15(14)19/h4-7,13H,8-12H2,1-3H3,(H,20,23)(H,21,24). The molecule has 3 amide bonds. The predicted octanol–water partition coefficient (Wildman–Crippen LogP) is 2.78. The molecule has 1 fully saturated rings. The molecule has 1 aromatic carbocycles. The minimum absolute atomic E-state index is 0.0451. The molecule has 132 valence electrons. The number of carbonyl (C=O) groups excluding carboxylic acids is 2. The number of urea groups is 1. The van der Waals surface area contributed by atoms with E-state index in [1.165, 1.54) is 12.1 Å². The molecule has 24 heavy (non-hydrogen) atoms. The van der Waals surface area contributed by atoms with Gasteiger partial charge >= 0.3 is 6.03 Å². The van der Waals surface area contributed by atoms with Gasteiger partial charge in [-0.05, 0) is 51.7 Å². The van der Waals surface area contributed by atoms with Gasteiger partial charge in [0.2, 0.25) is 0 Å². The third-order valence-electron chi connectivity index (χ3n) is 4.05. The smallest absolute Gasteiger partial charge is 0.317 e. The molecule has 1 heterocycles. The first-order valence-electron chi connectivity index (χ1n) is 8.36. The normalized spacial score (nSPS) is 15.9. The fraction of sp³-hybridized carbons (Fsp3) is 0.556. The van der Waals surface area contributed by atoms with Crippen LogP contribution in [0.25, 0.3) is 0 Å². The molecule has 0 radical (unpaired) electrons. The zero-order valence-electron chi connectivity index (χ0n) is 14.6. The van der Waals surface area contributed by atoms with Crippen molar-refractivity contribution < 1.29 is 14.0 Å². The molecule has 1 aliphatic rings. The molecule has 2 rings (SSSR count). The van der Waals surface area contributed by atoms with Crippen LogP contribution in [0.2, 0.25) is 0 Å². The van der Waals surface area contributed by atoms with Crippen LogP contribution >= 0.6 is 0 Å². The van der Waals surface area contributed by atoms with Gasteiger partial charge in [0.15, 0.2) is 0 Å². The van der Waals surface area contributed by atoms with Gasteiger partial charge in [0.25, 0.3) is 5.91 Å². The van der Waals surface area contributed by atoms with Crippen LogP contribution in [-0.4, -0.2) is 42.0 Å². The van der Waals surface area contributed by atoms with E-state index in [9.17, 15) is 14.0 Å². The topological polar surface area (TPSA) is 61.4 Å². The fourth-order valence-electron chi connectivity index (χ4n) is 2.72. The molecular weight excluding hydrogens is 309 g/mol. The van der Waals surface area contributed by atoms with E-state index in [0.717, 1.165) is 12.8 Å². The molecule has 0 saturated carbocycles. The number of nitrogens with zero attached hydrogens (tertiary/aromatic N) is 1. The second-order valence-corrected chi connectivity index (χ2v) is 7.30. The van der Waals surface area contributed by atoms with Crippen LogP contribution < -0.4 is 10.6 Å². The van der Waals surface area contributed by atoms with Crippen LogP contribution in [0, 0.1) is 11.7 Å². The monoisotopic (exact) mass is 335 g/mol. The number of amides is 3. The molecule has 2 N–H and O–H groups in total. The van der Waals surface area contributed by atoms with Crippen LogP contribution in [0.4, 0.5) is 9.18 Å². The number of carbonyl (C=O) groups is 2. The van der Waals surface area contributed by atoms with Gasteiger partial charge < -0.3 is 15.5 Å². The Balaban J connectivity index is 1.76. The summed E-state index contributed by atoms with van der Waals surface area (Å²) in [4.78, 5) is 25.9. The van der Waals surface area contributed by atoms with Crippen molar-refractivity contribution in [1.82, 2.24) is 15.5 Å². The van der Waals surface area contributed by atoms with Gasteiger partial charge in [-0.25, -0.2) is 9.18 Å². The van der Waals surface area contributed by atoms with E-state index in [0.29, 0.717) is 25.6 Å². The van der Waals surface area contributed by atoms with Crippen molar-refractivity contribution in [2.75, 3.05) is 19.6 Å². The molecule has 1 saturated heterocycles. The molecule has 0 aromatic heterocycles.